The maximum atomic E-state index is 5.64. The molecule has 1 aromatic rings. The summed E-state index contributed by atoms with van der Waals surface area (Å²) in [4.78, 5) is 9.26. The van der Waals surface area contributed by atoms with Gasteiger partial charge in [0.05, 0.1) is 25.9 Å². The first kappa shape index (κ1) is 13.6. The van der Waals surface area contributed by atoms with Gasteiger partial charge in [-0.25, -0.2) is 9.97 Å². The summed E-state index contributed by atoms with van der Waals surface area (Å²) in [6.45, 7) is 4.75. The summed E-state index contributed by atoms with van der Waals surface area (Å²) in [5, 5.41) is 6.53. The summed E-state index contributed by atoms with van der Waals surface area (Å²) in [7, 11) is 1.90. The van der Waals surface area contributed by atoms with E-state index in [9.17, 15) is 0 Å². The molecule has 0 amide bonds. The lowest BCUT2D eigenvalue weighted by Gasteiger charge is -2.24. The van der Waals surface area contributed by atoms with Crippen LogP contribution in [-0.4, -0.2) is 49.5 Å². The van der Waals surface area contributed by atoms with Crippen molar-refractivity contribution < 1.29 is 9.47 Å². The molecule has 20 heavy (non-hydrogen) atoms. The molecule has 110 valence electrons. The molecule has 1 atom stereocenters. The predicted molar refractivity (Wildman–Crippen MR) is 77.3 cm³/mol. The summed E-state index contributed by atoms with van der Waals surface area (Å²) in [6.07, 6.45) is 2.50. The SMILES string of the molecule is CNc1nc(C2CC2)nc(NCC2COCCO2)c1C. The second kappa shape index (κ2) is 5.93. The standard InChI is InChI=1S/C14H22N4O2/c1-9-12(15-2)17-14(10-3-4-10)18-13(9)16-7-11-8-19-5-6-20-11/h10-11H,3-8H2,1-2H3,(H2,15,16,17,18). The van der Waals surface area contributed by atoms with Crippen LogP contribution >= 0.6 is 0 Å². The zero-order valence-corrected chi connectivity index (χ0v) is 12.1. The van der Waals surface area contributed by atoms with Crippen LogP contribution in [0.3, 0.4) is 0 Å². The molecule has 1 aliphatic carbocycles. The largest absolute Gasteiger partial charge is 0.376 e. The Morgan fingerprint density at radius 2 is 2.00 bits per heavy atom. The summed E-state index contributed by atoms with van der Waals surface area (Å²) >= 11 is 0. The molecule has 2 heterocycles. The third-order valence-electron chi connectivity index (χ3n) is 3.72. The maximum absolute atomic E-state index is 5.64. The van der Waals surface area contributed by atoms with Gasteiger partial charge in [-0.1, -0.05) is 0 Å². The van der Waals surface area contributed by atoms with Crippen molar-refractivity contribution in [3.05, 3.63) is 11.4 Å². The number of hydrogen-bond acceptors (Lipinski definition) is 6. The monoisotopic (exact) mass is 278 g/mol. The van der Waals surface area contributed by atoms with E-state index in [1.807, 2.05) is 14.0 Å². The minimum atomic E-state index is 0.0977. The van der Waals surface area contributed by atoms with Crippen molar-refractivity contribution >= 4 is 11.6 Å². The first-order valence-electron chi connectivity index (χ1n) is 7.27. The number of hydrogen-bond donors (Lipinski definition) is 2. The Bertz CT molecular complexity index is 470. The van der Waals surface area contributed by atoms with Gasteiger partial charge in [-0.3, -0.25) is 0 Å². The van der Waals surface area contributed by atoms with Crippen molar-refractivity contribution in [2.45, 2.75) is 31.8 Å². The Labute approximate surface area is 119 Å². The lowest BCUT2D eigenvalue weighted by atomic mass is 10.2. The van der Waals surface area contributed by atoms with Gasteiger partial charge in [0, 0.05) is 25.1 Å². The van der Waals surface area contributed by atoms with Crippen LogP contribution in [0.1, 0.15) is 30.1 Å². The van der Waals surface area contributed by atoms with Crippen LogP contribution in [0.5, 0.6) is 0 Å². The number of aromatic nitrogens is 2. The fraction of sp³-hybridized carbons (Fsp3) is 0.714. The van der Waals surface area contributed by atoms with Crippen molar-refractivity contribution in [3.8, 4) is 0 Å². The lowest BCUT2D eigenvalue weighted by molar-refractivity contribution is -0.0819. The zero-order chi connectivity index (χ0) is 13.9. The van der Waals surface area contributed by atoms with E-state index in [4.69, 9.17) is 9.47 Å². The Kier molecular flexibility index (Phi) is 4.03. The topological polar surface area (TPSA) is 68.3 Å². The van der Waals surface area contributed by atoms with Crippen LogP contribution in [-0.2, 0) is 9.47 Å². The van der Waals surface area contributed by atoms with Crippen LogP contribution in [0.25, 0.3) is 0 Å². The molecular formula is C14H22N4O2. The van der Waals surface area contributed by atoms with Crippen LogP contribution in [0.2, 0.25) is 0 Å². The van der Waals surface area contributed by atoms with E-state index in [2.05, 4.69) is 20.6 Å². The number of nitrogens with zero attached hydrogens (tertiary/aromatic N) is 2. The molecule has 1 saturated heterocycles. The molecule has 2 fully saturated rings. The highest BCUT2D eigenvalue weighted by Gasteiger charge is 2.28. The highest BCUT2D eigenvalue weighted by atomic mass is 16.6. The molecule has 0 spiro atoms. The van der Waals surface area contributed by atoms with Gasteiger partial charge in [-0.2, -0.15) is 0 Å². The van der Waals surface area contributed by atoms with Crippen molar-refractivity contribution in [1.82, 2.24) is 9.97 Å². The van der Waals surface area contributed by atoms with Crippen LogP contribution < -0.4 is 10.6 Å². The summed E-state index contributed by atoms with van der Waals surface area (Å²) in [5.74, 6) is 3.30. The van der Waals surface area contributed by atoms with Crippen LogP contribution in [0, 0.1) is 6.92 Å². The first-order valence-corrected chi connectivity index (χ1v) is 7.27. The fourth-order valence-electron chi connectivity index (χ4n) is 2.34. The smallest absolute Gasteiger partial charge is 0.136 e. The zero-order valence-electron chi connectivity index (χ0n) is 12.1. The molecule has 1 aromatic heterocycles. The van der Waals surface area contributed by atoms with E-state index < -0.39 is 0 Å². The van der Waals surface area contributed by atoms with Crippen molar-refractivity contribution in [1.29, 1.82) is 0 Å². The van der Waals surface area contributed by atoms with Gasteiger partial charge in [0.1, 0.15) is 17.5 Å². The van der Waals surface area contributed by atoms with E-state index in [1.54, 1.807) is 0 Å². The molecule has 6 heteroatoms. The summed E-state index contributed by atoms with van der Waals surface area (Å²) < 4.78 is 11.0. The highest BCUT2D eigenvalue weighted by Crippen LogP contribution is 2.39. The van der Waals surface area contributed by atoms with E-state index in [0.717, 1.165) is 23.0 Å². The van der Waals surface area contributed by atoms with Gasteiger partial charge >= 0.3 is 0 Å². The fourth-order valence-corrected chi connectivity index (χ4v) is 2.34. The van der Waals surface area contributed by atoms with E-state index in [0.29, 0.717) is 32.3 Å². The van der Waals surface area contributed by atoms with E-state index in [1.165, 1.54) is 12.8 Å². The van der Waals surface area contributed by atoms with Gasteiger partial charge in [0.25, 0.3) is 0 Å². The van der Waals surface area contributed by atoms with Crippen molar-refractivity contribution in [2.75, 3.05) is 44.0 Å². The first-order chi connectivity index (χ1) is 9.78. The molecule has 3 rings (SSSR count). The Hall–Kier alpha value is -1.40. The number of rotatable bonds is 5. The molecule has 2 N–H and O–H groups in total. The average Bonchev–Trinajstić information content (AvgIpc) is 3.32. The molecule has 2 aliphatic rings. The van der Waals surface area contributed by atoms with Crippen molar-refractivity contribution in [2.24, 2.45) is 0 Å². The number of nitrogens with one attached hydrogen (secondary N) is 2. The maximum Gasteiger partial charge on any atom is 0.136 e. The molecular weight excluding hydrogens is 256 g/mol. The van der Waals surface area contributed by atoms with Gasteiger partial charge in [-0.05, 0) is 19.8 Å². The Morgan fingerprint density at radius 3 is 2.65 bits per heavy atom. The minimum absolute atomic E-state index is 0.0977. The van der Waals surface area contributed by atoms with E-state index in [-0.39, 0.29) is 6.10 Å². The minimum Gasteiger partial charge on any atom is -0.376 e. The lowest BCUT2D eigenvalue weighted by Crippen LogP contribution is -2.34. The summed E-state index contributed by atoms with van der Waals surface area (Å²) in [5.41, 5.74) is 1.05. The third-order valence-corrected chi connectivity index (χ3v) is 3.72. The van der Waals surface area contributed by atoms with Crippen molar-refractivity contribution in [3.63, 3.8) is 0 Å². The second-order valence-electron chi connectivity index (χ2n) is 5.38. The van der Waals surface area contributed by atoms with Crippen LogP contribution in [0.15, 0.2) is 0 Å². The highest BCUT2D eigenvalue weighted by molar-refractivity contribution is 5.57. The molecule has 0 aromatic carbocycles. The van der Waals surface area contributed by atoms with Gasteiger partial charge in [-0.15, -0.1) is 0 Å². The third kappa shape index (κ3) is 3.02. The molecule has 0 radical (unpaired) electrons. The van der Waals surface area contributed by atoms with Gasteiger partial charge in [0.15, 0.2) is 0 Å². The van der Waals surface area contributed by atoms with E-state index >= 15 is 0 Å². The van der Waals surface area contributed by atoms with Gasteiger partial charge < -0.3 is 20.1 Å². The summed E-state index contributed by atoms with van der Waals surface area (Å²) in [6, 6.07) is 0. The Morgan fingerprint density at radius 1 is 1.20 bits per heavy atom. The molecule has 1 aliphatic heterocycles. The van der Waals surface area contributed by atoms with Crippen LogP contribution in [0.4, 0.5) is 11.6 Å². The molecule has 0 bridgehead atoms. The second-order valence-corrected chi connectivity index (χ2v) is 5.38. The predicted octanol–water partition coefficient (Wildman–Crippen LogP) is 1.53. The molecule has 6 nitrogen and oxygen atoms in total. The molecule has 1 saturated carbocycles. The quantitative estimate of drug-likeness (QED) is 0.851. The normalized spacial score (nSPS) is 22.6. The van der Waals surface area contributed by atoms with Gasteiger partial charge in [0.2, 0.25) is 0 Å². The number of ether oxygens (including phenoxy) is 2. The number of anilines is 2. The molecule has 1 unspecified atom stereocenters. The Balaban J connectivity index is 1.71. The average molecular weight is 278 g/mol.